The Labute approximate surface area is 154 Å². The van der Waals surface area contributed by atoms with Gasteiger partial charge in [0.1, 0.15) is 0 Å². The van der Waals surface area contributed by atoms with Gasteiger partial charge in [0.15, 0.2) is 0 Å². The number of nitrogens with zero attached hydrogens (tertiary/aromatic N) is 1. The van der Waals surface area contributed by atoms with E-state index in [2.05, 4.69) is 10.5 Å². The Morgan fingerprint density at radius 1 is 0.963 bits per heavy atom. The third kappa shape index (κ3) is 5.40. The summed E-state index contributed by atoms with van der Waals surface area (Å²) in [5.74, 6) is -2.46. The molecule has 5 nitrogen and oxygen atoms in total. The van der Waals surface area contributed by atoms with E-state index in [9.17, 15) is 22.8 Å². The molecule has 2 aromatic carbocycles. The topological polar surface area (TPSA) is 70.6 Å². The molecule has 0 aliphatic heterocycles. The molecule has 8 heteroatoms. The van der Waals surface area contributed by atoms with E-state index < -0.39 is 18.0 Å². The number of hydrogen-bond donors (Lipinski definition) is 2. The minimum absolute atomic E-state index is 0.0233. The summed E-state index contributed by atoms with van der Waals surface area (Å²) in [6.07, 6.45) is -4.97. The molecular formula is C19H18F3N3O2. The van der Waals surface area contributed by atoms with Crippen molar-refractivity contribution in [2.24, 2.45) is 5.10 Å². The van der Waals surface area contributed by atoms with Crippen LogP contribution in [0.15, 0.2) is 47.6 Å². The normalized spacial score (nSPS) is 11.9. The largest absolute Gasteiger partial charge is 0.471 e. The molecule has 2 amide bonds. The molecule has 0 fully saturated rings. The monoisotopic (exact) mass is 377 g/mol. The molecule has 0 aliphatic rings. The Balaban J connectivity index is 2.11. The highest BCUT2D eigenvalue weighted by Gasteiger charge is 2.38. The van der Waals surface area contributed by atoms with E-state index in [4.69, 9.17) is 0 Å². The highest BCUT2D eigenvalue weighted by molar-refractivity contribution is 6.02. The van der Waals surface area contributed by atoms with Crippen molar-refractivity contribution >= 4 is 23.2 Å². The zero-order valence-corrected chi connectivity index (χ0v) is 14.9. The molecule has 0 heterocycles. The number of halogens is 3. The number of carbonyl (C=O) groups is 2. The molecule has 2 rings (SSSR count). The summed E-state index contributed by atoms with van der Waals surface area (Å²) in [5.41, 5.74) is 5.68. The van der Waals surface area contributed by atoms with Gasteiger partial charge in [0.2, 0.25) is 0 Å². The Morgan fingerprint density at radius 3 is 2.30 bits per heavy atom. The van der Waals surface area contributed by atoms with Crippen molar-refractivity contribution in [3.63, 3.8) is 0 Å². The van der Waals surface area contributed by atoms with Gasteiger partial charge in [-0.1, -0.05) is 18.2 Å². The first kappa shape index (κ1) is 20.2. The Morgan fingerprint density at radius 2 is 1.67 bits per heavy atom. The van der Waals surface area contributed by atoms with Gasteiger partial charge in [-0.15, -0.1) is 0 Å². The number of aryl methyl sites for hydroxylation is 2. The minimum Gasteiger partial charge on any atom is -0.318 e. The summed E-state index contributed by atoms with van der Waals surface area (Å²) in [4.78, 5) is 23.2. The van der Waals surface area contributed by atoms with Crippen LogP contribution < -0.4 is 10.7 Å². The third-order valence-corrected chi connectivity index (χ3v) is 3.89. The molecule has 2 N–H and O–H groups in total. The smallest absolute Gasteiger partial charge is 0.318 e. The third-order valence-electron chi connectivity index (χ3n) is 3.89. The fourth-order valence-electron chi connectivity index (χ4n) is 2.17. The molecule has 0 unspecified atom stereocenters. The number of hydrogen-bond acceptors (Lipinski definition) is 3. The maximum absolute atomic E-state index is 12.3. The predicted molar refractivity (Wildman–Crippen MR) is 96.7 cm³/mol. The molecule has 0 aliphatic carbocycles. The number of nitrogens with one attached hydrogen (secondary N) is 2. The van der Waals surface area contributed by atoms with E-state index in [1.54, 1.807) is 30.4 Å². The lowest BCUT2D eigenvalue weighted by Crippen LogP contribution is -2.29. The average molecular weight is 377 g/mol. The first-order chi connectivity index (χ1) is 12.6. The summed E-state index contributed by atoms with van der Waals surface area (Å²) in [5, 5.41) is 5.75. The van der Waals surface area contributed by atoms with Gasteiger partial charge in [-0.25, -0.2) is 5.43 Å². The maximum atomic E-state index is 12.3. The molecule has 0 aromatic heterocycles. The van der Waals surface area contributed by atoms with Gasteiger partial charge in [0.25, 0.3) is 5.91 Å². The lowest BCUT2D eigenvalue weighted by atomic mass is 10.1. The quantitative estimate of drug-likeness (QED) is 0.625. The highest BCUT2D eigenvalue weighted by Crippen LogP contribution is 2.19. The highest BCUT2D eigenvalue weighted by atomic mass is 19.4. The summed E-state index contributed by atoms with van der Waals surface area (Å²) < 4.78 is 37.0. The lowest BCUT2D eigenvalue weighted by molar-refractivity contribution is -0.167. The zero-order valence-electron chi connectivity index (χ0n) is 14.9. The van der Waals surface area contributed by atoms with Gasteiger partial charge in [0, 0.05) is 11.3 Å². The summed E-state index contributed by atoms with van der Waals surface area (Å²) in [6, 6.07) is 11.0. The molecule has 2 aromatic rings. The van der Waals surface area contributed by atoms with Crippen LogP contribution in [0.5, 0.6) is 0 Å². The van der Waals surface area contributed by atoms with Crippen LogP contribution in [0.4, 0.5) is 18.9 Å². The number of alkyl halides is 3. The molecule has 0 spiro atoms. The van der Waals surface area contributed by atoms with Gasteiger partial charge in [-0.05, 0) is 61.7 Å². The molecular weight excluding hydrogens is 359 g/mol. The Hall–Kier alpha value is -3.16. The van der Waals surface area contributed by atoms with E-state index in [0.717, 1.165) is 11.1 Å². The van der Waals surface area contributed by atoms with Crippen molar-refractivity contribution in [3.8, 4) is 0 Å². The number of rotatable bonds is 4. The molecule has 142 valence electrons. The summed E-state index contributed by atoms with van der Waals surface area (Å²) in [6.45, 7) is 5.41. The Kier molecular flexibility index (Phi) is 5.99. The van der Waals surface area contributed by atoms with Crippen molar-refractivity contribution in [3.05, 3.63) is 64.7 Å². The fourth-order valence-corrected chi connectivity index (χ4v) is 2.17. The number of carbonyl (C=O) groups excluding carboxylic acids is 2. The van der Waals surface area contributed by atoms with E-state index in [1.165, 1.54) is 18.2 Å². The van der Waals surface area contributed by atoms with Gasteiger partial charge in [0.05, 0.1) is 5.71 Å². The van der Waals surface area contributed by atoms with Crippen LogP contribution in [0.3, 0.4) is 0 Å². The van der Waals surface area contributed by atoms with Gasteiger partial charge in [-0.3, -0.25) is 9.59 Å². The molecule has 0 atom stereocenters. The Bertz CT molecular complexity index is 905. The van der Waals surface area contributed by atoms with Crippen LogP contribution in [-0.4, -0.2) is 23.7 Å². The number of anilines is 1. The first-order valence-electron chi connectivity index (χ1n) is 7.98. The molecule has 0 bridgehead atoms. The molecule has 27 heavy (non-hydrogen) atoms. The van der Waals surface area contributed by atoms with Crippen molar-refractivity contribution in [1.29, 1.82) is 0 Å². The summed E-state index contributed by atoms with van der Waals surface area (Å²) >= 11 is 0. The molecule has 0 saturated carbocycles. The van der Waals surface area contributed by atoms with Gasteiger partial charge in [-0.2, -0.15) is 18.3 Å². The lowest BCUT2D eigenvalue weighted by Gasteiger charge is -2.09. The van der Waals surface area contributed by atoms with Crippen LogP contribution in [0.25, 0.3) is 0 Å². The number of hydrazone groups is 1. The number of amides is 2. The SMILES string of the molecule is CC(=NNC(=O)c1ccc(C)c(C)c1)c1cccc(NC(=O)C(F)(F)F)c1. The van der Waals surface area contributed by atoms with Crippen molar-refractivity contribution in [2.45, 2.75) is 26.9 Å². The maximum Gasteiger partial charge on any atom is 0.471 e. The van der Waals surface area contributed by atoms with Gasteiger partial charge < -0.3 is 5.32 Å². The predicted octanol–water partition coefficient (Wildman–Crippen LogP) is 3.96. The van der Waals surface area contributed by atoms with Crippen LogP contribution >= 0.6 is 0 Å². The van der Waals surface area contributed by atoms with Gasteiger partial charge >= 0.3 is 12.1 Å². The fraction of sp³-hybridized carbons (Fsp3) is 0.211. The van der Waals surface area contributed by atoms with Crippen LogP contribution in [0.1, 0.15) is 34.0 Å². The second kappa shape index (κ2) is 8.03. The van der Waals surface area contributed by atoms with Crippen LogP contribution in [-0.2, 0) is 4.79 Å². The molecule has 0 saturated heterocycles. The number of benzene rings is 2. The van der Waals surface area contributed by atoms with Crippen LogP contribution in [0.2, 0.25) is 0 Å². The standard InChI is InChI=1S/C19H18F3N3O2/c1-11-7-8-15(9-12(11)2)17(26)25-24-13(3)14-5-4-6-16(10-14)23-18(27)19(20,21)22/h4-10H,1-3H3,(H,23,27)(H,25,26). The zero-order chi connectivity index (χ0) is 20.2. The van der Waals surface area contributed by atoms with E-state index >= 15 is 0 Å². The minimum atomic E-state index is -4.97. The van der Waals surface area contributed by atoms with Crippen molar-refractivity contribution in [2.75, 3.05) is 5.32 Å². The second-order valence-corrected chi connectivity index (χ2v) is 5.97. The van der Waals surface area contributed by atoms with Crippen LogP contribution in [0, 0.1) is 13.8 Å². The van der Waals surface area contributed by atoms with E-state index in [0.29, 0.717) is 16.8 Å². The molecule has 0 radical (unpaired) electrons. The van der Waals surface area contributed by atoms with Crippen molar-refractivity contribution in [1.82, 2.24) is 5.43 Å². The first-order valence-corrected chi connectivity index (χ1v) is 7.98. The summed E-state index contributed by atoms with van der Waals surface area (Å²) in [7, 11) is 0. The van der Waals surface area contributed by atoms with Crippen molar-refractivity contribution < 1.29 is 22.8 Å². The second-order valence-electron chi connectivity index (χ2n) is 5.97. The van der Waals surface area contributed by atoms with E-state index in [1.807, 2.05) is 19.9 Å². The van der Waals surface area contributed by atoms with E-state index in [-0.39, 0.29) is 5.69 Å². The average Bonchev–Trinajstić information content (AvgIpc) is 2.61.